The minimum absolute atomic E-state index is 0.0133. The summed E-state index contributed by atoms with van der Waals surface area (Å²) < 4.78 is 3.33. The van der Waals surface area contributed by atoms with E-state index < -0.39 is 0 Å². The smallest absolute Gasteiger partial charge is 0.330 e. The van der Waals surface area contributed by atoms with Gasteiger partial charge in [0.25, 0.3) is 0 Å². The van der Waals surface area contributed by atoms with E-state index in [0.29, 0.717) is 17.8 Å². The number of nitrogens with one attached hydrogen (secondary N) is 1. The van der Waals surface area contributed by atoms with Crippen LogP contribution in [-0.4, -0.2) is 41.1 Å². The standard InChI is InChI=1S/C17H20N8O/c1-23-15(21-22-17(23)26)14-12(11-3-4-11)6-10-24(14)16-18-8-5-13(20-16)25-9-2-7-19-25/h2,5,7-9,11-12,14H,3-4,6,10H2,1H3,(H,22,26). The lowest BCUT2D eigenvalue weighted by Crippen LogP contribution is -2.31. The van der Waals surface area contributed by atoms with Gasteiger partial charge in [0, 0.05) is 38.2 Å². The maximum atomic E-state index is 11.9. The Kier molecular flexibility index (Phi) is 3.41. The Labute approximate surface area is 149 Å². The van der Waals surface area contributed by atoms with Crippen molar-refractivity contribution in [2.45, 2.75) is 25.3 Å². The minimum Gasteiger partial charge on any atom is -0.330 e. The average Bonchev–Trinajstić information content (AvgIpc) is 3.07. The van der Waals surface area contributed by atoms with Crippen LogP contribution in [0.1, 0.15) is 31.1 Å². The molecule has 3 aromatic heterocycles. The molecule has 2 unspecified atom stereocenters. The third-order valence-electron chi connectivity index (χ3n) is 5.48. The molecule has 1 aliphatic carbocycles. The molecule has 0 bridgehead atoms. The number of hydrogen-bond acceptors (Lipinski definition) is 6. The number of hydrogen-bond donors (Lipinski definition) is 1. The molecule has 2 fully saturated rings. The van der Waals surface area contributed by atoms with E-state index in [2.05, 4.69) is 25.2 Å². The van der Waals surface area contributed by atoms with Crippen LogP contribution < -0.4 is 10.6 Å². The summed E-state index contributed by atoms with van der Waals surface area (Å²) >= 11 is 0. The summed E-state index contributed by atoms with van der Waals surface area (Å²) in [5, 5.41) is 11.1. The molecule has 134 valence electrons. The molecular formula is C17H20N8O. The zero-order valence-electron chi connectivity index (χ0n) is 14.5. The van der Waals surface area contributed by atoms with Gasteiger partial charge in [0.2, 0.25) is 5.95 Å². The van der Waals surface area contributed by atoms with Crippen LogP contribution in [0.2, 0.25) is 0 Å². The van der Waals surface area contributed by atoms with Crippen molar-refractivity contribution in [3.8, 4) is 5.82 Å². The van der Waals surface area contributed by atoms with Gasteiger partial charge >= 0.3 is 5.69 Å². The predicted molar refractivity (Wildman–Crippen MR) is 93.9 cm³/mol. The highest BCUT2D eigenvalue weighted by atomic mass is 16.1. The van der Waals surface area contributed by atoms with Gasteiger partial charge in [-0.1, -0.05) is 0 Å². The fraction of sp³-hybridized carbons (Fsp3) is 0.471. The summed E-state index contributed by atoms with van der Waals surface area (Å²) in [6.07, 6.45) is 8.90. The van der Waals surface area contributed by atoms with Crippen molar-refractivity contribution in [3.05, 3.63) is 47.0 Å². The van der Waals surface area contributed by atoms with Crippen LogP contribution in [0.25, 0.3) is 5.82 Å². The van der Waals surface area contributed by atoms with Gasteiger partial charge in [-0.2, -0.15) is 15.2 Å². The molecule has 1 saturated heterocycles. The highest BCUT2D eigenvalue weighted by Crippen LogP contribution is 2.50. The number of nitrogens with zero attached hydrogens (tertiary/aromatic N) is 7. The van der Waals surface area contributed by atoms with Crippen LogP contribution in [0, 0.1) is 11.8 Å². The fourth-order valence-corrected chi connectivity index (χ4v) is 4.02. The first-order valence-corrected chi connectivity index (χ1v) is 8.93. The molecule has 1 N–H and O–H groups in total. The van der Waals surface area contributed by atoms with Crippen molar-refractivity contribution in [1.29, 1.82) is 0 Å². The van der Waals surface area contributed by atoms with Crippen LogP contribution in [0.15, 0.2) is 35.5 Å². The van der Waals surface area contributed by atoms with Crippen LogP contribution in [0.5, 0.6) is 0 Å². The Morgan fingerprint density at radius 1 is 1.23 bits per heavy atom. The Bertz CT molecular complexity index is 971. The SMILES string of the molecule is Cn1c(C2C(C3CC3)CCN2c2nccc(-n3cccn3)n2)n[nH]c1=O. The van der Waals surface area contributed by atoms with E-state index in [-0.39, 0.29) is 11.7 Å². The molecule has 3 aromatic rings. The second kappa shape index (κ2) is 5.79. The summed E-state index contributed by atoms with van der Waals surface area (Å²) in [6.45, 7) is 0.857. The summed E-state index contributed by atoms with van der Waals surface area (Å²) in [7, 11) is 1.77. The molecule has 0 aromatic carbocycles. The van der Waals surface area contributed by atoms with E-state index in [1.54, 1.807) is 28.7 Å². The first-order valence-electron chi connectivity index (χ1n) is 8.93. The summed E-state index contributed by atoms with van der Waals surface area (Å²) in [4.78, 5) is 23.3. The maximum absolute atomic E-state index is 11.9. The average molecular weight is 352 g/mol. The van der Waals surface area contributed by atoms with Gasteiger partial charge in [0.05, 0.1) is 6.04 Å². The van der Waals surface area contributed by atoms with Gasteiger partial charge in [-0.05, 0) is 37.2 Å². The van der Waals surface area contributed by atoms with Crippen LogP contribution in [0.3, 0.4) is 0 Å². The fourth-order valence-electron chi connectivity index (χ4n) is 4.02. The maximum Gasteiger partial charge on any atom is 0.343 e. The van der Waals surface area contributed by atoms with Crippen molar-refractivity contribution >= 4 is 5.95 Å². The third kappa shape index (κ3) is 2.42. The molecule has 2 atom stereocenters. The normalized spacial score (nSPS) is 22.9. The molecule has 9 heteroatoms. The molecule has 5 rings (SSSR count). The molecular weight excluding hydrogens is 332 g/mol. The van der Waals surface area contributed by atoms with Gasteiger partial charge in [-0.3, -0.25) is 4.57 Å². The molecule has 2 aliphatic rings. The van der Waals surface area contributed by atoms with Crippen LogP contribution in [0.4, 0.5) is 5.95 Å². The van der Waals surface area contributed by atoms with E-state index >= 15 is 0 Å². The summed E-state index contributed by atoms with van der Waals surface area (Å²) in [6, 6.07) is 3.71. The first kappa shape index (κ1) is 15.3. The highest BCUT2D eigenvalue weighted by Gasteiger charge is 2.46. The van der Waals surface area contributed by atoms with Crippen LogP contribution >= 0.6 is 0 Å². The Morgan fingerprint density at radius 2 is 2.12 bits per heavy atom. The van der Waals surface area contributed by atoms with E-state index in [1.165, 1.54) is 12.8 Å². The van der Waals surface area contributed by atoms with Crippen molar-refractivity contribution in [3.63, 3.8) is 0 Å². The predicted octanol–water partition coefficient (Wildman–Crippen LogP) is 1.06. The molecule has 0 radical (unpaired) electrons. The van der Waals surface area contributed by atoms with Gasteiger partial charge in [0.15, 0.2) is 11.6 Å². The quantitative estimate of drug-likeness (QED) is 0.754. The minimum atomic E-state index is -0.187. The Balaban J connectivity index is 1.56. The van der Waals surface area contributed by atoms with Crippen molar-refractivity contribution in [1.82, 2.24) is 34.5 Å². The number of H-pyrrole nitrogens is 1. The molecule has 4 heterocycles. The summed E-state index contributed by atoms with van der Waals surface area (Å²) in [5.41, 5.74) is -0.187. The molecule has 0 spiro atoms. The number of aromatic nitrogens is 7. The molecule has 0 amide bonds. The summed E-state index contributed by atoms with van der Waals surface area (Å²) in [5.74, 6) is 3.32. The lowest BCUT2D eigenvalue weighted by atomic mass is 9.94. The van der Waals surface area contributed by atoms with E-state index in [1.807, 2.05) is 18.3 Å². The van der Waals surface area contributed by atoms with Crippen molar-refractivity contribution < 1.29 is 0 Å². The van der Waals surface area contributed by atoms with Crippen molar-refractivity contribution in [2.24, 2.45) is 18.9 Å². The molecule has 9 nitrogen and oxygen atoms in total. The van der Waals surface area contributed by atoms with Crippen molar-refractivity contribution in [2.75, 3.05) is 11.4 Å². The monoisotopic (exact) mass is 352 g/mol. The first-order chi connectivity index (χ1) is 12.7. The zero-order chi connectivity index (χ0) is 17.7. The van der Waals surface area contributed by atoms with Crippen LogP contribution in [-0.2, 0) is 7.05 Å². The van der Waals surface area contributed by atoms with Gasteiger partial charge in [0.1, 0.15) is 0 Å². The van der Waals surface area contributed by atoms with Gasteiger partial charge in [-0.15, -0.1) is 0 Å². The van der Waals surface area contributed by atoms with E-state index in [4.69, 9.17) is 4.98 Å². The van der Waals surface area contributed by atoms with E-state index in [9.17, 15) is 4.79 Å². The van der Waals surface area contributed by atoms with E-state index in [0.717, 1.165) is 24.6 Å². The topological polar surface area (TPSA) is 97.5 Å². The molecule has 1 aliphatic heterocycles. The largest absolute Gasteiger partial charge is 0.343 e. The van der Waals surface area contributed by atoms with Gasteiger partial charge in [-0.25, -0.2) is 19.6 Å². The lowest BCUT2D eigenvalue weighted by molar-refractivity contribution is 0.404. The Morgan fingerprint density at radius 3 is 2.81 bits per heavy atom. The number of aromatic amines is 1. The lowest BCUT2D eigenvalue weighted by Gasteiger charge is -2.27. The molecule has 1 saturated carbocycles. The second-order valence-corrected chi connectivity index (χ2v) is 7.04. The van der Waals surface area contributed by atoms with Gasteiger partial charge < -0.3 is 4.90 Å². The molecule has 26 heavy (non-hydrogen) atoms. The zero-order valence-corrected chi connectivity index (χ0v) is 14.5. The second-order valence-electron chi connectivity index (χ2n) is 7.04. The third-order valence-corrected chi connectivity index (χ3v) is 5.48. The number of rotatable bonds is 4. The Hall–Kier alpha value is -2.97. The highest BCUT2D eigenvalue weighted by molar-refractivity contribution is 5.39. The number of anilines is 1.